The Kier molecular flexibility index (Phi) is 6.18. The fraction of sp³-hybridized carbons (Fsp3) is 0.227. The molecule has 0 aromatic heterocycles. The van der Waals surface area contributed by atoms with Crippen molar-refractivity contribution >= 4 is 28.4 Å². The Balaban J connectivity index is 1.49. The number of fused-ring (bicyclic) bond motifs is 1. The highest BCUT2D eigenvalue weighted by molar-refractivity contribution is 7.99. The van der Waals surface area contributed by atoms with Crippen LogP contribution in [0.15, 0.2) is 71.6 Å². The van der Waals surface area contributed by atoms with Gasteiger partial charge < -0.3 is 10.1 Å². The predicted molar refractivity (Wildman–Crippen MR) is 109 cm³/mol. The molecule has 0 aliphatic rings. The first kappa shape index (κ1) is 18.3. The maximum Gasteiger partial charge on any atom is 0.260 e. The van der Waals surface area contributed by atoms with E-state index in [0.717, 1.165) is 22.3 Å². The Labute approximate surface area is 158 Å². The average Bonchev–Trinajstić information content (AvgIpc) is 2.66. The van der Waals surface area contributed by atoms with Crippen molar-refractivity contribution in [2.75, 3.05) is 12.3 Å². The number of rotatable bonds is 7. The molecule has 134 valence electrons. The molecule has 26 heavy (non-hydrogen) atoms. The van der Waals surface area contributed by atoms with Gasteiger partial charge in [-0.15, -0.1) is 11.8 Å². The third-order valence-electron chi connectivity index (χ3n) is 4.11. The first-order valence-corrected chi connectivity index (χ1v) is 9.73. The smallest absolute Gasteiger partial charge is 0.260 e. The maximum absolute atomic E-state index is 12.3. The van der Waals surface area contributed by atoms with Crippen LogP contribution in [0.3, 0.4) is 0 Å². The Hall–Kier alpha value is -2.46. The van der Waals surface area contributed by atoms with E-state index in [4.69, 9.17) is 4.74 Å². The highest BCUT2D eigenvalue weighted by Gasteiger charge is 2.15. The third-order valence-corrected chi connectivity index (χ3v) is 5.13. The fourth-order valence-corrected chi connectivity index (χ4v) is 3.43. The van der Waals surface area contributed by atoms with Crippen LogP contribution in [0.1, 0.15) is 12.5 Å². The van der Waals surface area contributed by atoms with E-state index in [1.54, 1.807) is 18.7 Å². The molecule has 3 aromatic carbocycles. The Morgan fingerprint density at radius 3 is 2.58 bits per heavy atom. The second-order valence-corrected chi connectivity index (χ2v) is 7.36. The molecule has 0 fully saturated rings. The van der Waals surface area contributed by atoms with Crippen molar-refractivity contribution in [3.8, 4) is 5.75 Å². The number of ether oxygens (including phenoxy) is 1. The van der Waals surface area contributed by atoms with Crippen LogP contribution < -0.4 is 10.1 Å². The molecule has 0 aliphatic carbocycles. The molecule has 1 atom stereocenters. The van der Waals surface area contributed by atoms with Crippen molar-refractivity contribution < 1.29 is 9.53 Å². The standard InChI is InChI=1S/C22H23NO2S/c1-16-10-12-19(13-11-16)26-15-14-23-22(24)17(2)25-21-9-5-7-18-6-3-4-8-20(18)21/h3-13,17H,14-15H2,1-2H3,(H,23,24)/t17-/m1/s1. The summed E-state index contributed by atoms with van der Waals surface area (Å²) in [7, 11) is 0. The highest BCUT2D eigenvalue weighted by Crippen LogP contribution is 2.26. The summed E-state index contributed by atoms with van der Waals surface area (Å²) in [4.78, 5) is 13.5. The van der Waals surface area contributed by atoms with Crippen LogP contribution in [0.2, 0.25) is 0 Å². The number of benzene rings is 3. The van der Waals surface area contributed by atoms with Crippen molar-refractivity contribution in [2.24, 2.45) is 0 Å². The molecule has 0 radical (unpaired) electrons. The summed E-state index contributed by atoms with van der Waals surface area (Å²) in [6.45, 7) is 4.47. The second kappa shape index (κ2) is 8.77. The monoisotopic (exact) mass is 365 g/mol. The largest absolute Gasteiger partial charge is 0.480 e. The van der Waals surface area contributed by atoms with E-state index in [0.29, 0.717) is 6.54 Å². The molecule has 3 aromatic rings. The molecule has 4 heteroatoms. The van der Waals surface area contributed by atoms with Gasteiger partial charge in [0.05, 0.1) is 0 Å². The lowest BCUT2D eigenvalue weighted by Gasteiger charge is -2.16. The van der Waals surface area contributed by atoms with E-state index < -0.39 is 6.10 Å². The minimum absolute atomic E-state index is 0.0950. The predicted octanol–water partition coefficient (Wildman–Crippen LogP) is 4.82. The van der Waals surface area contributed by atoms with Gasteiger partial charge in [0, 0.05) is 22.6 Å². The van der Waals surface area contributed by atoms with E-state index in [2.05, 4.69) is 36.5 Å². The van der Waals surface area contributed by atoms with Crippen molar-refractivity contribution in [3.63, 3.8) is 0 Å². The van der Waals surface area contributed by atoms with Crippen LogP contribution in [0.4, 0.5) is 0 Å². The van der Waals surface area contributed by atoms with Gasteiger partial charge in [-0.05, 0) is 37.4 Å². The number of aryl methyl sites for hydroxylation is 1. The topological polar surface area (TPSA) is 38.3 Å². The van der Waals surface area contributed by atoms with Crippen molar-refractivity contribution in [3.05, 3.63) is 72.3 Å². The van der Waals surface area contributed by atoms with Crippen LogP contribution >= 0.6 is 11.8 Å². The summed E-state index contributed by atoms with van der Waals surface area (Å²) in [6, 6.07) is 22.3. The fourth-order valence-electron chi connectivity index (χ4n) is 2.66. The number of hydrogen-bond acceptors (Lipinski definition) is 3. The number of thioether (sulfide) groups is 1. The number of carbonyl (C=O) groups excluding carboxylic acids is 1. The van der Waals surface area contributed by atoms with Gasteiger partial charge in [0.2, 0.25) is 0 Å². The highest BCUT2D eigenvalue weighted by atomic mass is 32.2. The van der Waals surface area contributed by atoms with Gasteiger partial charge in [-0.3, -0.25) is 4.79 Å². The average molecular weight is 365 g/mol. The summed E-state index contributed by atoms with van der Waals surface area (Å²) in [5.41, 5.74) is 1.25. The zero-order valence-electron chi connectivity index (χ0n) is 15.1. The van der Waals surface area contributed by atoms with E-state index in [1.807, 2.05) is 42.5 Å². The van der Waals surface area contributed by atoms with Gasteiger partial charge in [0.15, 0.2) is 6.10 Å². The zero-order valence-corrected chi connectivity index (χ0v) is 15.9. The van der Waals surface area contributed by atoms with Crippen LogP contribution in [-0.2, 0) is 4.79 Å². The minimum atomic E-state index is -0.537. The van der Waals surface area contributed by atoms with Crippen LogP contribution in [-0.4, -0.2) is 24.3 Å². The molecule has 0 saturated heterocycles. The van der Waals surface area contributed by atoms with Gasteiger partial charge in [-0.1, -0.05) is 54.1 Å². The molecule has 1 amide bonds. The maximum atomic E-state index is 12.3. The molecule has 0 spiro atoms. The van der Waals surface area contributed by atoms with E-state index in [9.17, 15) is 4.79 Å². The van der Waals surface area contributed by atoms with E-state index in [1.165, 1.54) is 10.5 Å². The van der Waals surface area contributed by atoms with Crippen LogP contribution in [0, 0.1) is 6.92 Å². The van der Waals surface area contributed by atoms with E-state index in [-0.39, 0.29) is 5.91 Å². The van der Waals surface area contributed by atoms with Crippen molar-refractivity contribution in [1.29, 1.82) is 0 Å². The number of amides is 1. The second-order valence-electron chi connectivity index (χ2n) is 6.19. The van der Waals surface area contributed by atoms with E-state index >= 15 is 0 Å². The first-order valence-electron chi connectivity index (χ1n) is 8.75. The molecular formula is C22H23NO2S. The van der Waals surface area contributed by atoms with Gasteiger partial charge in [0.1, 0.15) is 5.75 Å². The summed E-state index contributed by atoms with van der Waals surface area (Å²) < 4.78 is 5.90. The Morgan fingerprint density at radius 1 is 1.04 bits per heavy atom. The summed E-state index contributed by atoms with van der Waals surface area (Å²) in [5, 5.41) is 5.07. The van der Waals surface area contributed by atoms with Gasteiger partial charge in [-0.25, -0.2) is 0 Å². The number of carbonyl (C=O) groups is 1. The lowest BCUT2D eigenvalue weighted by molar-refractivity contribution is -0.127. The third kappa shape index (κ3) is 4.79. The van der Waals surface area contributed by atoms with Gasteiger partial charge in [-0.2, -0.15) is 0 Å². The van der Waals surface area contributed by atoms with Crippen molar-refractivity contribution in [2.45, 2.75) is 24.8 Å². The summed E-state index contributed by atoms with van der Waals surface area (Å²) in [5.74, 6) is 1.47. The molecule has 3 rings (SSSR count). The lowest BCUT2D eigenvalue weighted by atomic mass is 10.1. The molecule has 0 unspecified atom stereocenters. The summed E-state index contributed by atoms with van der Waals surface area (Å²) in [6.07, 6.45) is -0.537. The molecular weight excluding hydrogens is 342 g/mol. The number of nitrogens with one attached hydrogen (secondary N) is 1. The lowest BCUT2D eigenvalue weighted by Crippen LogP contribution is -2.37. The Morgan fingerprint density at radius 2 is 1.77 bits per heavy atom. The first-order chi connectivity index (χ1) is 12.6. The SMILES string of the molecule is Cc1ccc(SCCNC(=O)[C@@H](C)Oc2cccc3ccccc23)cc1. The molecule has 0 aliphatic heterocycles. The normalized spacial score (nSPS) is 11.9. The molecule has 0 saturated carbocycles. The molecule has 0 bridgehead atoms. The van der Waals surface area contributed by atoms with Crippen LogP contribution in [0.5, 0.6) is 5.75 Å². The summed E-state index contributed by atoms with van der Waals surface area (Å²) >= 11 is 1.73. The molecule has 1 N–H and O–H groups in total. The quantitative estimate of drug-likeness (QED) is 0.482. The van der Waals surface area contributed by atoms with Crippen LogP contribution in [0.25, 0.3) is 10.8 Å². The Bertz CT molecular complexity index is 871. The van der Waals surface area contributed by atoms with Gasteiger partial charge in [0.25, 0.3) is 5.91 Å². The molecule has 0 heterocycles. The number of hydrogen-bond donors (Lipinski definition) is 1. The molecule has 3 nitrogen and oxygen atoms in total. The zero-order chi connectivity index (χ0) is 18.4. The van der Waals surface area contributed by atoms with Gasteiger partial charge >= 0.3 is 0 Å². The minimum Gasteiger partial charge on any atom is -0.480 e. The van der Waals surface area contributed by atoms with Crippen molar-refractivity contribution in [1.82, 2.24) is 5.32 Å².